The molecule has 1 heterocycles. The Morgan fingerprint density at radius 3 is 1.71 bits per heavy atom. The van der Waals surface area contributed by atoms with Crippen molar-refractivity contribution in [1.29, 1.82) is 0 Å². The molecule has 122 valence electrons. The lowest BCUT2D eigenvalue weighted by Crippen LogP contribution is -2.03. The quantitative estimate of drug-likeness (QED) is 0.601. The molecule has 0 unspecified atom stereocenters. The van der Waals surface area contributed by atoms with Crippen molar-refractivity contribution >= 4 is 34.6 Å². The molecule has 0 aliphatic heterocycles. The fourth-order valence-electron chi connectivity index (χ4n) is 2.20. The lowest BCUT2D eigenvalue weighted by Gasteiger charge is -2.08. The fraction of sp³-hybridized carbons (Fsp3) is 0.105. The molecule has 1 aromatic heterocycles. The third-order valence-corrected chi connectivity index (χ3v) is 4.05. The summed E-state index contributed by atoms with van der Waals surface area (Å²) in [5.74, 6) is 0. The van der Waals surface area contributed by atoms with Crippen LogP contribution in [0.25, 0.3) is 0 Å². The predicted octanol–water partition coefficient (Wildman–Crippen LogP) is 5.61. The number of nitrogens with one attached hydrogen (secondary N) is 2. The van der Waals surface area contributed by atoms with Crippen LogP contribution in [-0.4, -0.2) is 4.98 Å². The summed E-state index contributed by atoms with van der Waals surface area (Å²) >= 11 is 11.8. The lowest BCUT2D eigenvalue weighted by atomic mass is 10.2. The number of benzene rings is 2. The summed E-state index contributed by atoms with van der Waals surface area (Å²) in [6, 6.07) is 19.4. The lowest BCUT2D eigenvalue weighted by molar-refractivity contribution is 1.02. The van der Waals surface area contributed by atoms with Crippen molar-refractivity contribution in [2.24, 2.45) is 0 Å². The second-order valence-electron chi connectivity index (χ2n) is 5.38. The number of nitrogens with zero attached hydrogens (tertiary/aromatic N) is 1. The molecular weight excluding hydrogens is 341 g/mol. The number of hydrogen-bond donors (Lipinski definition) is 2. The Morgan fingerprint density at radius 2 is 1.21 bits per heavy atom. The minimum atomic E-state index is 0.673. The van der Waals surface area contributed by atoms with Crippen LogP contribution in [0.3, 0.4) is 0 Å². The van der Waals surface area contributed by atoms with Gasteiger partial charge in [0.15, 0.2) is 0 Å². The van der Waals surface area contributed by atoms with Gasteiger partial charge in [0.05, 0.1) is 12.2 Å². The Balaban J connectivity index is 1.51. The van der Waals surface area contributed by atoms with Crippen LogP contribution >= 0.6 is 23.2 Å². The van der Waals surface area contributed by atoms with Crippen LogP contribution in [-0.2, 0) is 13.1 Å². The molecule has 0 bridgehead atoms. The highest BCUT2D eigenvalue weighted by Gasteiger charge is 1.99. The van der Waals surface area contributed by atoms with Crippen molar-refractivity contribution in [3.8, 4) is 0 Å². The topological polar surface area (TPSA) is 37.0 Å². The van der Waals surface area contributed by atoms with Crippen molar-refractivity contribution in [3.63, 3.8) is 0 Å². The highest BCUT2D eigenvalue weighted by molar-refractivity contribution is 6.30. The van der Waals surface area contributed by atoms with Gasteiger partial charge in [-0.2, -0.15) is 0 Å². The molecule has 0 amide bonds. The molecule has 0 atom stereocenters. The van der Waals surface area contributed by atoms with Gasteiger partial charge in [-0.15, -0.1) is 0 Å². The largest absolute Gasteiger partial charge is 0.381 e. The Bertz CT molecular complexity index is 701. The summed E-state index contributed by atoms with van der Waals surface area (Å²) < 4.78 is 0. The Labute approximate surface area is 151 Å². The zero-order valence-corrected chi connectivity index (χ0v) is 14.5. The second-order valence-corrected chi connectivity index (χ2v) is 6.25. The summed E-state index contributed by atoms with van der Waals surface area (Å²) in [6.07, 6.45) is 1.89. The van der Waals surface area contributed by atoms with E-state index < -0.39 is 0 Å². The molecule has 0 spiro atoms. The summed E-state index contributed by atoms with van der Waals surface area (Å²) in [4.78, 5) is 4.49. The SMILES string of the molecule is Clc1ccc(NCc2ccc(CNc3ccc(Cl)cc3)nc2)cc1. The molecule has 3 nitrogen and oxygen atoms in total. The maximum atomic E-state index is 5.88. The van der Waals surface area contributed by atoms with Crippen LogP contribution in [0.1, 0.15) is 11.3 Å². The molecule has 3 rings (SSSR count). The van der Waals surface area contributed by atoms with E-state index in [4.69, 9.17) is 23.2 Å². The molecule has 24 heavy (non-hydrogen) atoms. The number of pyridine rings is 1. The summed E-state index contributed by atoms with van der Waals surface area (Å²) in [5.41, 5.74) is 4.17. The first kappa shape index (κ1) is 16.6. The number of halogens is 2. The third-order valence-electron chi connectivity index (χ3n) is 3.54. The van der Waals surface area contributed by atoms with Crippen LogP contribution in [0.2, 0.25) is 10.0 Å². The summed E-state index contributed by atoms with van der Waals surface area (Å²) in [6.45, 7) is 1.39. The normalized spacial score (nSPS) is 10.4. The molecule has 3 aromatic rings. The zero-order valence-electron chi connectivity index (χ0n) is 13.0. The molecule has 0 saturated heterocycles. The number of anilines is 2. The van der Waals surface area contributed by atoms with Crippen LogP contribution in [0.5, 0.6) is 0 Å². The van der Waals surface area contributed by atoms with E-state index in [2.05, 4.69) is 21.7 Å². The molecule has 5 heteroatoms. The Morgan fingerprint density at radius 1 is 0.667 bits per heavy atom. The van der Waals surface area contributed by atoms with Gasteiger partial charge in [0.25, 0.3) is 0 Å². The standard InChI is InChI=1S/C19H17Cl2N3/c20-15-2-7-17(8-3-15)22-11-14-1-6-19(23-12-14)13-24-18-9-4-16(21)5-10-18/h1-10,12,22,24H,11,13H2. The molecule has 0 radical (unpaired) electrons. The second kappa shape index (κ2) is 8.04. The molecular formula is C19H17Cl2N3. The average Bonchev–Trinajstić information content (AvgIpc) is 2.62. The van der Waals surface area contributed by atoms with Crippen LogP contribution in [0.4, 0.5) is 11.4 Å². The van der Waals surface area contributed by atoms with Gasteiger partial charge in [-0.25, -0.2) is 0 Å². The van der Waals surface area contributed by atoms with Gasteiger partial charge in [-0.1, -0.05) is 29.3 Å². The first-order valence-corrected chi connectivity index (χ1v) is 8.37. The summed E-state index contributed by atoms with van der Waals surface area (Å²) in [7, 11) is 0. The number of aromatic nitrogens is 1. The highest BCUT2D eigenvalue weighted by atomic mass is 35.5. The van der Waals surface area contributed by atoms with Crippen molar-refractivity contribution in [3.05, 3.63) is 88.2 Å². The molecule has 0 aliphatic carbocycles. The molecule has 2 N–H and O–H groups in total. The van der Waals surface area contributed by atoms with Crippen molar-refractivity contribution in [1.82, 2.24) is 4.98 Å². The van der Waals surface area contributed by atoms with Gasteiger partial charge in [0.1, 0.15) is 0 Å². The first-order chi connectivity index (χ1) is 11.7. The molecule has 0 saturated carbocycles. The van der Waals surface area contributed by atoms with E-state index in [0.29, 0.717) is 6.54 Å². The van der Waals surface area contributed by atoms with Crippen LogP contribution in [0, 0.1) is 0 Å². The van der Waals surface area contributed by atoms with Crippen LogP contribution in [0.15, 0.2) is 66.9 Å². The van der Waals surface area contributed by atoms with E-state index in [-0.39, 0.29) is 0 Å². The smallest absolute Gasteiger partial charge is 0.0594 e. The van der Waals surface area contributed by atoms with E-state index in [9.17, 15) is 0 Å². The number of hydrogen-bond acceptors (Lipinski definition) is 3. The predicted molar refractivity (Wildman–Crippen MR) is 102 cm³/mol. The van der Waals surface area contributed by atoms with E-state index in [1.807, 2.05) is 60.8 Å². The van der Waals surface area contributed by atoms with E-state index in [1.165, 1.54) is 0 Å². The maximum Gasteiger partial charge on any atom is 0.0594 e. The zero-order chi connectivity index (χ0) is 16.8. The monoisotopic (exact) mass is 357 g/mol. The molecule has 0 fully saturated rings. The van der Waals surface area contributed by atoms with Gasteiger partial charge in [0.2, 0.25) is 0 Å². The van der Waals surface area contributed by atoms with Gasteiger partial charge in [0, 0.05) is 34.2 Å². The minimum absolute atomic E-state index is 0.673. The molecule has 2 aromatic carbocycles. The minimum Gasteiger partial charge on any atom is -0.381 e. The molecule has 0 aliphatic rings. The summed E-state index contributed by atoms with van der Waals surface area (Å²) in [5, 5.41) is 8.13. The fourth-order valence-corrected chi connectivity index (χ4v) is 2.45. The van der Waals surface area contributed by atoms with E-state index in [1.54, 1.807) is 0 Å². The Kier molecular flexibility index (Phi) is 5.57. The van der Waals surface area contributed by atoms with E-state index in [0.717, 1.165) is 39.2 Å². The average molecular weight is 358 g/mol. The highest BCUT2D eigenvalue weighted by Crippen LogP contribution is 2.15. The van der Waals surface area contributed by atoms with E-state index >= 15 is 0 Å². The van der Waals surface area contributed by atoms with Gasteiger partial charge >= 0.3 is 0 Å². The van der Waals surface area contributed by atoms with Gasteiger partial charge < -0.3 is 10.6 Å². The van der Waals surface area contributed by atoms with Crippen molar-refractivity contribution in [2.75, 3.05) is 10.6 Å². The van der Waals surface area contributed by atoms with Crippen molar-refractivity contribution < 1.29 is 0 Å². The van der Waals surface area contributed by atoms with Gasteiger partial charge in [-0.05, 0) is 60.2 Å². The number of rotatable bonds is 6. The first-order valence-electron chi connectivity index (χ1n) is 7.62. The van der Waals surface area contributed by atoms with Crippen molar-refractivity contribution in [2.45, 2.75) is 13.1 Å². The maximum absolute atomic E-state index is 5.88. The third kappa shape index (κ3) is 4.88. The van der Waals surface area contributed by atoms with Gasteiger partial charge in [-0.3, -0.25) is 4.98 Å². The van der Waals surface area contributed by atoms with Crippen LogP contribution < -0.4 is 10.6 Å². The Hall–Kier alpha value is -2.23.